The smallest absolute Gasteiger partial charge is 0.142 e. The van der Waals surface area contributed by atoms with Gasteiger partial charge in [-0.2, -0.15) is 0 Å². The Morgan fingerprint density at radius 2 is 2.11 bits per heavy atom. The summed E-state index contributed by atoms with van der Waals surface area (Å²) in [4.78, 5) is 3.50. The topological polar surface area (TPSA) is 25.0 Å². The highest BCUT2D eigenvalue weighted by Crippen LogP contribution is 2.43. The van der Waals surface area contributed by atoms with Crippen LogP contribution in [0.4, 0.5) is 0 Å². The Morgan fingerprint density at radius 1 is 1.21 bits per heavy atom. The van der Waals surface area contributed by atoms with E-state index in [1.54, 1.807) is 7.11 Å². The third-order valence-electron chi connectivity index (χ3n) is 3.83. The van der Waals surface area contributed by atoms with Gasteiger partial charge < -0.3 is 9.72 Å². The van der Waals surface area contributed by atoms with Crippen molar-refractivity contribution < 1.29 is 4.74 Å². The standard InChI is InChI=1S/C16H12ClNO/c1-19-14-4-2-3-12-13-8-9-7-10(17)5-6-11(9)15(13)18-16(12)14/h2-7,18H,8H2,1H3. The van der Waals surface area contributed by atoms with Crippen LogP contribution in [0, 0.1) is 0 Å². The van der Waals surface area contributed by atoms with Crippen LogP contribution < -0.4 is 4.74 Å². The molecular weight excluding hydrogens is 258 g/mol. The monoisotopic (exact) mass is 269 g/mol. The van der Waals surface area contributed by atoms with Crippen molar-refractivity contribution in [2.45, 2.75) is 6.42 Å². The van der Waals surface area contributed by atoms with Gasteiger partial charge in [0.25, 0.3) is 0 Å². The van der Waals surface area contributed by atoms with E-state index < -0.39 is 0 Å². The molecule has 0 bridgehead atoms. The second kappa shape index (κ2) is 3.78. The van der Waals surface area contributed by atoms with Crippen LogP contribution in [0.2, 0.25) is 5.02 Å². The summed E-state index contributed by atoms with van der Waals surface area (Å²) in [6.07, 6.45) is 0.929. The summed E-state index contributed by atoms with van der Waals surface area (Å²) in [5, 5.41) is 2.03. The lowest BCUT2D eigenvalue weighted by molar-refractivity contribution is 0.419. The van der Waals surface area contributed by atoms with E-state index in [-0.39, 0.29) is 0 Å². The zero-order valence-electron chi connectivity index (χ0n) is 10.5. The van der Waals surface area contributed by atoms with Crippen LogP contribution in [0.1, 0.15) is 11.1 Å². The number of rotatable bonds is 1. The van der Waals surface area contributed by atoms with Gasteiger partial charge in [-0.3, -0.25) is 0 Å². The number of methoxy groups -OCH3 is 1. The summed E-state index contributed by atoms with van der Waals surface area (Å²) in [7, 11) is 1.70. The summed E-state index contributed by atoms with van der Waals surface area (Å²) in [6.45, 7) is 0. The minimum Gasteiger partial charge on any atom is -0.495 e. The van der Waals surface area contributed by atoms with E-state index in [0.717, 1.165) is 22.7 Å². The number of aromatic nitrogens is 1. The average Bonchev–Trinajstić information content (AvgIpc) is 2.93. The van der Waals surface area contributed by atoms with Crippen molar-refractivity contribution >= 4 is 22.5 Å². The molecule has 0 aliphatic heterocycles. The first kappa shape index (κ1) is 10.9. The summed E-state index contributed by atoms with van der Waals surface area (Å²) >= 11 is 6.07. The number of aromatic amines is 1. The lowest BCUT2D eigenvalue weighted by atomic mass is 10.1. The van der Waals surface area contributed by atoms with E-state index >= 15 is 0 Å². The molecule has 0 unspecified atom stereocenters. The number of hydrogen-bond donors (Lipinski definition) is 1. The van der Waals surface area contributed by atoms with E-state index in [2.05, 4.69) is 23.2 Å². The van der Waals surface area contributed by atoms with E-state index in [0.29, 0.717) is 0 Å². The van der Waals surface area contributed by atoms with Gasteiger partial charge in [0.2, 0.25) is 0 Å². The van der Waals surface area contributed by atoms with Crippen molar-refractivity contribution in [2.24, 2.45) is 0 Å². The van der Waals surface area contributed by atoms with E-state index in [9.17, 15) is 0 Å². The molecule has 2 nitrogen and oxygen atoms in total. The molecule has 0 fully saturated rings. The SMILES string of the molecule is COc1cccc2c3c([nH]c12)-c1ccc(Cl)cc1C3. The first-order valence-electron chi connectivity index (χ1n) is 6.24. The average molecular weight is 270 g/mol. The number of H-pyrrole nitrogens is 1. The highest BCUT2D eigenvalue weighted by Gasteiger charge is 2.24. The molecule has 4 rings (SSSR count). The fourth-order valence-corrected chi connectivity index (χ4v) is 3.17. The molecule has 0 saturated carbocycles. The minimum absolute atomic E-state index is 0.797. The first-order chi connectivity index (χ1) is 9.28. The molecule has 2 aromatic carbocycles. The first-order valence-corrected chi connectivity index (χ1v) is 6.62. The lowest BCUT2D eigenvalue weighted by Gasteiger charge is -2.03. The molecule has 1 heterocycles. The van der Waals surface area contributed by atoms with Gasteiger partial charge in [-0.15, -0.1) is 0 Å². The molecular formula is C16H12ClNO. The second-order valence-corrected chi connectivity index (χ2v) is 5.28. The quantitative estimate of drug-likeness (QED) is 0.544. The van der Waals surface area contributed by atoms with E-state index in [1.165, 1.54) is 27.8 Å². The van der Waals surface area contributed by atoms with E-state index in [1.807, 2.05) is 18.2 Å². The van der Waals surface area contributed by atoms with Gasteiger partial charge in [0.1, 0.15) is 5.75 Å². The van der Waals surface area contributed by atoms with Gasteiger partial charge in [0.05, 0.1) is 18.3 Å². The number of benzene rings is 2. The van der Waals surface area contributed by atoms with Crippen LogP contribution in [0.25, 0.3) is 22.2 Å². The third kappa shape index (κ3) is 1.44. The van der Waals surface area contributed by atoms with Gasteiger partial charge in [-0.05, 0) is 29.3 Å². The number of fused-ring (bicyclic) bond motifs is 5. The van der Waals surface area contributed by atoms with Crippen molar-refractivity contribution in [1.29, 1.82) is 0 Å². The summed E-state index contributed by atoms with van der Waals surface area (Å²) in [6, 6.07) is 12.2. The predicted molar refractivity (Wildman–Crippen MR) is 78.1 cm³/mol. The lowest BCUT2D eigenvalue weighted by Crippen LogP contribution is -1.86. The number of hydrogen-bond acceptors (Lipinski definition) is 1. The van der Waals surface area contributed by atoms with Gasteiger partial charge in [-0.1, -0.05) is 29.8 Å². The van der Waals surface area contributed by atoms with Crippen molar-refractivity contribution in [3.8, 4) is 17.0 Å². The second-order valence-electron chi connectivity index (χ2n) is 4.84. The number of para-hydroxylation sites is 1. The maximum atomic E-state index is 6.07. The molecule has 3 heteroatoms. The van der Waals surface area contributed by atoms with Crippen LogP contribution in [0.3, 0.4) is 0 Å². The Bertz CT molecular complexity index is 804. The van der Waals surface area contributed by atoms with Crippen molar-refractivity contribution in [3.05, 3.63) is 52.5 Å². The summed E-state index contributed by atoms with van der Waals surface area (Å²) in [5.74, 6) is 0.891. The zero-order valence-corrected chi connectivity index (χ0v) is 11.2. The Kier molecular flexibility index (Phi) is 2.18. The Balaban J connectivity index is 2.03. The van der Waals surface area contributed by atoms with Crippen LogP contribution in [0.15, 0.2) is 36.4 Å². The predicted octanol–water partition coefficient (Wildman–Crippen LogP) is 4.40. The molecule has 3 aromatic rings. The van der Waals surface area contributed by atoms with Crippen LogP contribution in [-0.4, -0.2) is 12.1 Å². The molecule has 0 saturated heterocycles. The zero-order chi connectivity index (χ0) is 13.0. The molecule has 19 heavy (non-hydrogen) atoms. The molecule has 0 spiro atoms. The highest BCUT2D eigenvalue weighted by molar-refractivity contribution is 6.30. The van der Waals surface area contributed by atoms with Gasteiger partial charge in [-0.25, -0.2) is 0 Å². The number of ether oxygens (including phenoxy) is 1. The minimum atomic E-state index is 0.797. The molecule has 1 aromatic heterocycles. The van der Waals surface area contributed by atoms with Crippen LogP contribution in [-0.2, 0) is 6.42 Å². The van der Waals surface area contributed by atoms with Crippen LogP contribution in [0.5, 0.6) is 5.75 Å². The summed E-state index contributed by atoms with van der Waals surface area (Å²) in [5.41, 5.74) is 6.16. The van der Waals surface area contributed by atoms with Crippen molar-refractivity contribution in [3.63, 3.8) is 0 Å². The maximum Gasteiger partial charge on any atom is 0.142 e. The summed E-state index contributed by atoms with van der Waals surface area (Å²) < 4.78 is 5.42. The maximum absolute atomic E-state index is 6.07. The molecule has 0 radical (unpaired) electrons. The Hall–Kier alpha value is -1.93. The number of nitrogens with one attached hydrogen (secondary N) is 1. The van der Waals surface area contributed by atoms with E-state index in [4.69, 9.17) is 16.3 Å². The molecule has 0 amide bonds. The third-order valence-corrected chi connectivity index (χ3v) is 4.06. The molecule has 0 atom stereocenters. The van der Waals surface area contributed by atoms with Crippen LogP contribution >= 0.6 is 11.6 Å². The van der Waals surface area contributed by atoms with Gasteiger partial charge >= 0.3 is 0 Å². The highest BCUT2D eigenvalue weighted by atomic mass is 35.5. The van der Waals surface area contributed by atoms with Gasteiger partial charge in [0.15, 0.2) is 0 Å². The fourth-order valence-electron chi connectivity index (χ4n) is 2.97. The molecule has 94 valence electrons. The van der Waals surface area contributed by atoms with Crippen molar-refractivity contribution in [1.82, 2.24) is 4.98 Å². The number of halogens is 1. The molecule has 1 aliphatic rings. The largest absolute Gasteiger partial charge is 0.495 e. The normalized spacial score (nSPS) is 12.5. The van der Waals surface area contributed by atoms with Gasteiger partial charge in [0, 0.05) is 22.4 Å². The van der Waals surface area contributed by atoms with Crippen molar-refractivity contribution in [2.75, 3.05) is 7.11 Å². The Morgan fingerprint density at radius 3 is 2.95 bits per heavy atom. The fraction of sp³-hybridized carbons (Fsp3) is 0.125. The molecule has 1 aliphatic carbocycles. The molecule has 1 N–H and O–H groups in total. The Labute approximate surface area is 116 Å².